The Bertz CT molecular complexity index is 1370. The molecule has 0 aliphatic heterocycles. The highest BCUT2D eigenvalue weighted by Crippen LogP contribution is 2.43. The first-order valence-electron chi connectivity index (χ1n) is 27.2. The van der Waals surface area contributed by atoms with Crippen molar-refractivity contribution in [1.82, 2.24) is 0 Å². The molecule has 0 saturated carbocycles. The van der Waals surface area contributed by atoms with Crippen molar-refractivity contribution in [2.24, 2.45) is 0 Å². The minimum Gasteiger partial charge on any atom is -0.462 e. The Morgan fingerprint density at radius 3 is 1.24 bits per heavy atom. The Morgan fingerprint density at radius 2 is 0.779 bits per heavy atom. The molecule has 0 radical (unpaired) electrons. The first-order chi connectivity index (χ1) is 33.2. The van der Waals surface area contributed by atoms with Crippen LogP contribution in [0.1, 0.15) is 239 Å². The van der Waals surface area contributed by atoms with Gasteiger partial charge in [-0.1, -0.05) is 204 Å². The SMILES string of the molecule is CC/C=C\C/C=C\C/C=C\C/C=C\CCCCCCCCC(=O)OC(COC(=O)CCCCCCCCCCCCC)COP(=O)(O)OCC(CO)OC(=O)CCCCCCC/C=C\CCCC. The zero-order chi connectivity index (χ0) is 49.9. The largest absolute Gasteiger partial charge is 0.472 e. The van der Waals surface area contributed by atoms with Crippen LogP contribution in [0.4, 0.5) is 0 Å². The van der Waals surface area contributed by atoms with Gasteiger partial charge in [0.1, 0.15) is 12.7 Å². The fourth-order valence-electron chi connectivity index (χ4n) is 7.27. The van der Waals surface area contributed by atoms with E-state index in [-0.39, 0.29) is 25.9 Å². The Morgan fingerprint density at radius 1 is 0.426 bits per heavy atom. The number of phosphoric ester groups is 1. The van der Waals surface area contributed by atoms with Gasteiger partial charge in [0.25, 0.3) is 0 Å². The standard InChI is InChI=1S/C56H99O11P/c1-4-7-10-13-16-19-22-23-24-25-26-27-28-29-32-35-38-41-44-47-56(60)67-53(49-63-54(58)45-42-39-36-33-30-20-17-14-11-8-5-2)51-65-68(61,62)64-50-52(48-57)66-55(59)46-43-40-37-34-31-21-18-15-12-9-6-3/h7,10,15-16,18-19,23-24,26-27,52-53,57H,4-6,8-9,11-14,17,20-22,25,28-51H2,1-3H3,(H,61,62)/b10-7-,18-15-,19-16-,24-23-,27-26-. The topological polar surface area (TPSA) is 155 Å². The summed E-state index contributed by atoms with van der Waals surface area (Å²) in [5.41, 5.74) is 0. The van der Waals surface area contributed by atoms with Gasteiger partial charge in [0.2, 0.25) is 0 Å². The minimum absolute atomic E-state index is 0.152. The van der Waals surface area contributed by atoms with Gasteiger partial charge in [0, 0.05) is 19.3 Å². The number of phosphoric acid groups is 1. The van der Waals surface area contributed by atoms with Gasteiger partial charge >= 0.3 is 25.7 Å². The predicted octanol–water partition coefficient (Wildman–Crippen LogP) is 15.6. The summed E-state index contributed by atoms with van der Waals surface area (Å²) in [5, 5.41) is 9.77. The molecule has 0 aliphatic carbocycles. The van der Waals surface area contributed by atoms with Crippen molar-refractivity contribution in [2.75, 3.05) is 26.4 Å². The van der Waals surface area contributed by atoms with Crippen molar-refractivity contribution in [3.8, 4) is 0 Å². The Balaban J connectivity index is 4.74. The van der Waals surface area contributed by atoms with Crippen molar-refractivity contribution in [1.29, 1.82) is 0 Å². The molecule has 0 amide bonds. The number of aliphatic hydroxyl groups is 1. The van der Waals surface area contributed by atoms with Gasteiger partial charge < -0.3 is 24.2 Å². The van der Waals surface area contributed by atoms with E-state index in [4.69, 9.17) is 23.3 Å². The molecule has 394 valence electrons. The Hall–Kier alpha value is -2.82. The third kappa shape index (κ3) is 48.2. The number of rotatable bonds is 50. The van der Waals surface area contributed by atoms with Crippen molar-refractivity contribution >= 4 is 25.7 Å². The summed E-state index contributed by atoms with van der Waals surface area (Å²) in [6, 6.07) is 0. The van der Waals surface area contributed by atoms with Crippen LogP contribution in [0.25, 0.3) is 0 Å². The molecule has 68 heavy (non-hydrogen) atoms. The van der Waals surface area contributed by atoms with E-state index in [1.165, 1.54) is 57.8 Å². The summed E-state index contributed by atoms with van der Waals surface area (Å²) < 4.78 is 39.4. The molecule has 0 bridgehead atoms. The van der Waals surface area contributed by atoms with E-state index in [9.17, 15) is 28.9 Å². The van der Waals surface area contributed by atoms with Crippen LogP contribution >= 0.6 is 7.82 Å². The van der Waals surface area contributed by atoms with Crippen LogP contribution in [0, 0.1) is 0 Å². The third-order valence-corrected chi connectivity index (χ3v) is 12.4. The Kier molecular flexibility index (Phi) is 48.5. The number of carbonyl (C=O) groups is 3. The molecule has 0 fully saturated rings. The molecular weight excluding hydrogens is 880 g/mol. The lowest BCUT2D eigenvalue weighted by atomic mass is 10.1. The molecule has 0 aromatic carbocycles. The van der Waals surface area contributed by atoms with Crippen LogP contribution in [0.5, 0.6) is 0 Å². The lowest BCUT2D eigenvalue weighted by molar-refractivity contribution is -0.161. The zero-order valence-electron chi connectivity index (χ0n) is 43.3. The number of unbranched alkanes of at least 4 members (excludes halogenated alkanes) is 23. The van der Waals surface area contributed by atoms with Crippen LogP contribution in [0.3, 0.4) is 0 Å². The number of carbonyl (C=O) groups excluding carboxylic acids is 3. The fourth-order valence-corrected chi connectivity index (χ4v) is 8.05. The number of hydrogen-bond donors (Lipinski definition) is 2. The second kappa shape index (κ2) is 50.6. The summed E-state index contributed by atoms with van der Waals surface area (Å²) in [5.74, 6) is -1.49. The summed E-state index contributed by atoms with van der Waals surface area (Å²) >= 11 is 0. The first-order valence-corrected chi connectivity index (χ1v) is 28.7. The molecule has 0 aromatic heterocycles. The monoisotopic (exact) mass is 979 g/mol. The third-order valence-electron chi connectivity index (χ3n) is 11.4. The average molecular weight is 979 g/mol. The lowest BCUT2D eigenvalue weighted by Gasteiger charge is -2.21. The van der Waals surface area contributed by atoms with Gasteiger partial charge in [0.15, 0.2) is 6.10 Å². The molecule has 0 spiro atoms. The molecular formula is C56H99O11P. The summed E-state index contributed by atoms with van der Waals surface area (Å²) in [6.07, 6.45) is 53.3. The van der Waals surface area contributed by atoms with E-state index in [1.807, 2.05) is 0 Å². The number of esters is 3. The molecule has 3 unspecified atom stereocenters. The second-order valence-corrected chi connectivity index (χ2v) is 19.5. The first kappa shape index (κ1) is 65.2. The van der Waals surface area contributed by atoms with Gasteiger partial charge in [-0.15, -0.1) is 0 Å². The van der Waals surface area contributed by atoms with Crippen LogP contribution in [0.15, 0.2) is 60.8 Å². The smallest absolute Gasteiger partial charge is 0.462 e. The van der Waals surface area contributed by atoms with Gasteiger partial charge in [-0.05, 0) is 77.0 Å². The summed E-state index contributed by atoms with van der Waals surface area (Å²) in [4.78, 5) is 48.3. The molecule has 0 heterocycles. The molecule has 0 aromatic rings. The predicted molar refractivity (Wildman–Crippen MR) is 279 cm³/mol. The highest BCUT2D eigenvalue weighted by atomic mass is 31.2. The number of allylic oxidation sites excluding steroid dienone is 10. The molecule has 11 nitrogen and oxygen atoms in total. The second-order valence-electron chi connectivity index (χ2n) is 18.0. The number of ether oxygens (including phenoxy) is 3. The molecule has 12 heteroatoms. The zero-order valence-corrected chi connectivity index (χ0v) is 44.2. The molecule has 2 N–H and O–H groups in total. The molecule has 3 atom stereocenters. The van der Waals surface area contributed by atoms with Crippen LogP contribution in [-0.4, -0.2) is 66.5 Å². The molecule has 0 rings (SSSR count). The van der Waals surface area contributed by atoms with Gasteiger partial charge in [0.05, 0.1) is 19.8 Å². The van der Waals surface area contributed by atoms with E-state index in [2.05, 4.69) is 81.5 Å². The summed E-state index contributed by atoms with van der Waals surface area (Å²) in [7, 11) is -4.74. The van der Waals surface area contributed by atoms with Gasteiger partial charge in [-0.2, -0.15) is 0 Å². The van der Waals surface area contributed by atoms with Crippen LogP contribution in [0.2, 0.25) is 0 Å². The maximum Gasteiger partial charge on any atom is 0.472 e. The van der Waals surface area contributed by atoms with Crippen LogP contribution in [-0.2, 0) is 42.2 Å². The normalized spacial score (nSPS) is 13.9. The highest BCUT2D eigenvalue weighted by molar-refractivity contribution is 7.47. The minimum atomic E-state index is -4.74. The van der Waals surface area contributed by atoms with Gasteiger partial charge in [-0.3, -0.25) is 23.4 Å². The highest BCUT2D eigenvalue weighted by Gasteiger charge is 2.28. The lowest BCUT2D eigenvalue weighted by Crippen LogP contribution is -2.30. The molecule has 0 aliphatic rings. The van der Waals surface area contributed by atoms with Crippen LogP contribution < -0.4 is 0 Å². The fraction of sp³-hybridized carbons (Fsp3) is 0.768. The van der Waals surface area contributed by atoms with E-state index >= 15 is 0 Å². The van der Waals surface area contributed by atoms with E-state index < -0.39 is 57.8 Å². The van der Waals surface area contributed by atoms with Crippen molar-refractivity contribution in [3.05, 3.63) is 60.8 Å². The van der Waals surface area contributed by atoms with E-state index in [1.54, 1.807) is 0 Å². The maximum atomic E-state index is 12.9. The number of aliphatic hydroxyl groups excluding tert-OH is 1. The quantitative estimate of drug-likeness (QED) is 0.0197. The summed E-state index contributed by atoms with van der Waals surface area (Å²) in [6.45, 7) is 4.46. The van der Waals surface area contributed by atoms with Crippen molar-refractivity contribution in [3.63, 3.8) is 0 Å². The van der Waals surface area contributed by atoms with Gasteiger partial charge in [-0.25, -0.2) is 4.57 Å². The van der Waals surface area contributed by atoms with E-state index in [0.717, 1.165) is 122 Å². The maximum absolute atomic E-state index is 12.9. The van der Waals surface area contributed by atoms with Crippen molar-refractivity contribution in [2.45, 2.75) is 251 Å². The Labute approximate surface area is 415 Å². The average Bonchev–Trinajstić information content (AvgIpc) is 3.32. The van der Waals surface area contributed by atoms with E-state index in [0.29, 0.717) is 19.3 Å². The number of hydrogen-bond acceptors (Lipinski definition) is 10. The molecule has 0 saturated heterocycles. The van der Waals surface area contributed by atoms with Crippen molar-refractivity contribution < 1.29 is 52.2 Å².